The quantitative estimate of drug-likeness (QED) is 0.444. The molecule has 9 heteroatoms. The summed E-state index contributed by atoms with van der Waals surface area (Å²) in [5.41, 5.74) is 3.49. The molecule has 0 aliphatic heterocycles. The summed E-state index contributed by atoms with van der Waals surface area (Å²) in [6.45, 7) is 0.0399. The van der Waals surface area contributed by atoms with Crippen molar-refractivity contribution in [3.8, 4) is 11.5 Å². The average molecular weight is 395 g/mol. The van der Waals surface area contributed by atoms with E-state index in [-0.39, 0.29) is 18.3 Å². The van der Waals surface area contributed by atoms with Gasteiger partial charge >= 0.3 is 5.97 Å². The lowest BCUT2D eigenvalue weighted by atomic mass is 10.2. The number of ether oxygens (including phenoxy) is 2. The van der Waals surface area contributed by atoms with Gasteiger partial charge in [0.15, 0.2) is 11.5 Å². The third-order valence-electron chi connectivity index (χ3n) is 3.73. The van der Waals surface area contributed by atoms with Crippen LogP contribution in [0.1, 0.15) is 32.2 Å². The van der Waals surface area contributed by atoms with E-state index in [2.05, 4.69) is 15.5 Å². The number of aromatic nitrogens is 1. The van der Waals surface area contributed by atoms with Crippen LogP contribution in [0.3, 0.4) is 0 Å². The summed E-state index contributed by atoms with van der Waals surface area (Å²) in [7, 11) is 1.49. The van der Waals surface area contributed by atoms with E-state index in [1.54, 1.807) is 36.5 Å². The van der Waals surface area contributed by atoms with Crippen LogP contribution in [0.4, 0.5) is 0 Å². The van der Waals surface area contributed by atoms with Crippen LogP contribution in [0.25, 0.3) is 0 Å². The van der Waals surface area contributed by atoms with Gasteiger partial charge in [-0.25, -0.2) is 10.2 Å². The molecule has 9 nitrogen and oxygen atoms in total. The maximum Gasteiger partial charge on any atom is 0.371 e. The SMILES string of the molecule is COc1cc(C=NNC(=O)c2cccnc2)ccc1OCc1ccc(C(=O)O)o1. The molecule has 0 radical (unpaired) electrons. The maximum absolute atomic E-state index is 11.9. The van der Waals surface area contributed by atoms with Gasteiger partial charge in [0.2, 0.25) is 5.76 Å². The summed E-state index contributed by atoms with van der Waals surface area (Å²) >= 11 is 0. The van der Waals surface area contributed by atoms with Crippen molar-refractivity contribution in [1.29, 1.82) is 0 Å². The smallest absolute Gasteiger partial charge is 0.371 e. The zero-order chi connectivity index (χ0) is 20.6. The van der Waals surface area contributed by atoms with Crippen molar-refractivity contribution in [2.75, 3.05) is 7.11 Å². The Morgan fingerprint density at radius 2 is 2.10 bits per heavy atom. The number of aromatic carboxylic acids is 1. The number of pyridine rings is 1. The molecule has 0 bridgehead atoms. The highest BCUT2D eigenvalue weighted by molar-refractivity contribution is 5.94. The van der Waals surface area contributed by atoms with Crippen molar-refractivity contribution < 1.29 is 28.6 Å². The highest BCUT2D eigenvalue weighted by atomic mass is 16.5. The molecular weight excluding hydrogens is 378 g/mol. The molecule has 2 heterocycles. The van der Waals surface area contributed by atoms with E-state index in [1.165, 1.54) is 31.7 Å². The standard InChI is InChI=1S/C20H17N3O6/c1-27-18-9-13(10-22-23-19(24)14-3-2-8-21-11-14)4-6-16(18)28-12-15-5-7-17(29-15)20(25)26/h2-11H,12H2,1H3,(H,23,24)(H,25,26). The molecule has 3 aromatic rings. The number of carboxylic acid groups (broad SMARTS) is 1. The second kappa shape index (κ2) is 9.18. The first-order valence-electron chi connectivity index (χ1n) is 8.43. The first-order chi connectivity index (χ1) is 14.1. The van der Waals surface area contributed by atoms with Crippen LogP contribution in [0.5, 0.6) is 11.5 Å². The third-order valence-corrected chi connectivity index (χ3v) is 3.73. The van der Waals surface area contributed by atoms with Crippen molar-refractivity contribution in [2.45, 2.75) is 6.61 Å². The summed E-state index contributed by atoms with van der Waals surface area (Å²) in [6.07, 6.45) is 4.48. The zero-order valence-corrected chi connectivity index (χ0v) is 15.4. The van der Waals surface area contributed by atoms with Gasteiger partial charge in [-0.1, -0.05) is 0 Å². The molecule has 29 heavy (non-hydrogen) atoms. The van der Waals surface area contributed by atoms with Crippen molar-refractivity contribution in [3.63, 3.8) is 0 Å². The molecule has 0 aliphatic carbocycles. The van der Waals surface area contributed by atoms with Gasteiger partial charge in [-0.2, -0.15) is 5.10 Å². The van der Waals surface area contributed by atoms with Crippen LogP contribution in [0, 0.1) is 0 Å². The molecule has 0 saturated heterocycles. The minimum absolute atomic E-state index is 0.0399. The van der Waals surface area contributed by atoms with Gasteiger partial charge in [0.25, 0.3) is 5.91 Å². The molecule has 0 aliphatic rings. The van der Waals surface area contributed by atoms with Crippen molar-refractivity contribution in [3.05, 3.63) is 77.5 Å². The van der Waals surface area contributed by atoms with Crippen LogP contribution in [-0.2, 0) is 6.61 Å². The first kappa shape index (κ1) is 19.6. The Hall–Kier alpha value is -4.14. The van der Waals surface area contributed by atoms with Gasteiger partial charge in [0.1, 0.15) is 12.4 Å². The summed E-state index contributed by atoms with van der Waals surface area (Å²) in [6, 6.07) is 11.3. The molecule has 0 unspecified atom stereocenters. The highest BCUT2D eigenvalue weighted by Gasteiger charge is 2.11. The minimum atomic E-state index is -1.15. The van der Waals surface area contributed by atoms with Gasteiger partial charge in [-0.05, 0) is 48.0 Å². The molecule has 0 saturated carbocycles. The molecule has 0 spiro atoms. The van der Waals surface area contributed by atoms with Gasteiger partial charge in [-0.15, -0.1) is 0 Å². The summed E-state index contributed by atoms with van der Waals surface area (Å²) in [5, 5.41) is 12.8. The zero-order valence-electron chi connectivity index (χ0n) is 15.4. The van der Waals surface area contributed by atoms with E-state index < -0.39 is 5.97 Å². The lowest BCUT2D eigenvalue weighted by Crippen LogP contribution is -2.17. The number of hydrazone groups is 1. The van der Waals surface area contributed by atoms with Gasteiger partial charge in [0, 0.05) is 12.4 Å². The topological polar surface area (TPSA) is 123 Å². The molecule has 2 N–H and O–H groups in total. The van der Waals surface area contributed by atoms with Gasteiger partial charge in [0.05, 0.1) is 18.9 Å². The number of benzene rings is 1. The number of carbonyl (C=O) groups excluding carboxylic acids is 1. The number of rotatable bonds is 8. The number of nitrogens with one attached hydrogen (secondary N) is 1. The molecule has 2 aromatic heterocycles. The Bertz CT molecular complexity index is 1030. The molecular formula is C20H17N3O6. The van der Waals surface area contributed by atoms with Gasteiger partial charge < -0.3 is 19.0 Å². The number of methoxy groups -OCH3 is 1. The molecule has 3 rings (SSSR count). The molecule has 148 valence electrons. The Labute approximate surface area is 165 Å². The second-order valence-electron chi connectivity index (χ2n) is 5.71. The van der Waals surface area contributed by atoms with E-state index in [4.69, 9.17) is 19.0 Å². The number of carboxylic acids is 1. The summed E-state index contributed by atoms with van der Waals surface area (Å²) in [4.78, 5) is 26.6. The number of carbonyl (C=O) groups is 2. The van der Waals surface area contributed by atoms with Gasteiger partial charge in [-0.3, -0.25) is 9.78 Å². The van der Waals surface area contributed by atoms with Crippen molar-refractivity contribution >= 4 is 18.1 Å². The minimum Gasteiger partial charge on any atom is -0.493 e. The van der Waals surface area contributed by atoms with Crippen LogP contribution in [0.15, 0.2) is 64.4 Å². The average Bonchev–Trinajstić information content (AvgIpc) is 3.22. The largest absolute Gasteiger partial charge is 0.493 e. The number of hydrogen-bond donors (Lipinski definition) is 2. The van der Waals surface area contributed by atoms with E-state index >= 15 is 0 Å². The third kappa shape index (κ3) is 5.19. The maximum atomic E-state index is 11.9. The summed E-state index contributed by atoms with van der Waals surface area (Å²) in [5.74, 6) is -0.424. The van der Waals surface area contributed by atoms with E-state index in [0.717, 1.165) is 0 Å². The number of amides is 1. The van der Waals surface area contributed by atoms with Crippen LogP contribution in [-0.4, -0.2) is 35.3 Å². The fraction of sp³-hybridized carbons (Fsp3) is 0.100. The molecule has 1 amide bonds. The van der Waals surface area contributed by atoms with E-state index in [9.17, 15) is 9.59 Å². The molecule has 1 aromatic carbocycles. The molecule has 0 atom stereocenters. The van der Waals surface area contributed by atoms with E-state index in [0.29, 0.717) is 28.4 Å². The lowest BCUT2D eigenvalue weighted by molar-refractivity contribution is 0.0657. The Kier molecular flexibility index (Phi) is 6.21. The highest BCUT2D eigenvalue weighted by Crippen LogP contribution is 2.28. The first-order valence-corrected chi connectivity index (χ1v) is 8.43. The van der Waals surface area contributed by atoms with Crippen molar-refractivity contribution in [2.24, 2.45) is 5.10 Å². The Balaban J connectivity index is 1.61. The Morgan fingerprint density at radius 3 is 2.79 bits per heavy atom. The number of nitrogens with zero attached hydrogens (tertiary/aromatic N) is 2. The monoisotopic (exact) mass is 395 g/mol. The second-order valence-corrected chi connectivity index (χ2v) is 5.71. The van der Waals surface area contributed by atoms with Crippen molar-refractivity contribution in [1.82, 2.24) is 10.4 Å². The Morgan fingerprint density at radius 1 is 1.24 bits per heavy atom. The fourth-order valence-electron chi connectivity index (χ4n) is 2.33. The predicted octanol–water partition coefficient (Wildman–Crippen LogP) is 2.72. The number of hydrogen-bond acceptors (Lipinski definition) is 7. The van der Waals surface area contributed by atoms with E-state index in [1.807, 2.05) is 0 Å². The van der Waals surface area contributed by atoms with Crippen LogP contribution < -0.4 is 14.9 Å². The summed E-state index contributed by atoms with van der Waals surface area (Å²) < 4.78 is 16.1. The molecule has 0 fully saturated rings. The lowest BCUT2D eigenvalue weighted by Gasteiger charge is -2.10. The van der Waals surface area contributed by atoms with Crippen LogP contribution in [0.2, 0.25) is 0 Å². The fourth-order valence-corrected chi connectivity index (χ4v) is 2.33. The normalized spacial score (nSPS) is 10.7. The number of furan rings is 1. The predicted molar refractivity (Wildman–Crippen MR) is 102 cm³/mol. The van der Waals surface area contributed by atoms with Crippen LogP contribution >= 0.6 is 0 Å².